The average Bonchev–Trinajstić information content (AvgIpc) is 2.44. The number of likely N-dealkylation sites (N-methyl/N-ethyl adjacent to an activating group) is 1. The van der Waals surface area contributed by atoms with Gasteiger partial charge in [-0.2, -0.15) is 0 Å². The molecule has 0 radical (unpaired) electrons. The molecule has 0 saturated heterocycles. The minimum absolute atomic E-state index is 0.0569. The van der Waals surface area contributed by atoms with Gasteiger partial charge in [0.05, 0.1) is 13.2 Å². The second-order valence-electron chi connectivity index (χ2n) is 4.34. The van der Waals surface area contributed by atoms with Crippen LogP contribution < -0.4 is 5.32 Å². The van der Waals surface area contributed by atoms with Crippen LogP contribution in [0.1, 0.15) is 20.3 Å². The van der Waals surface area contributed by atoms with Crippen LogP contribution in [-0.4, -0.2) is 43.0 Å². The fourth-order valence-electron chi connectivity index (χ4n) is 1.74. The van der Waals surface area contributed by atoms with E-state index in [1.807, 2.05) is 42.2 Å². The monoisotopic (exact) mass is 278 g/mol. The molecular formula is C15H22N2O3. The number of amides is 1. The van der Waals surface area contributed by atoms with Crippen molar-refractivity contribution in [1.29, 1.82) is 0 Å². The lowest BCUT2D eigenvalue weighted by atomic mass is 10.3. The molecule has 1 aromatic carbocycles. The highest BCUT2D eigenvalue weighted by Gasteiger charge is 2.11. The highest BCUT2D eigenvalue weighted by atomic mass is 16.5. The molecule has 0 saturated carbocycles. The van der Waals surface area contributed by atoms with Crippen molar-refractivity contribution in [2.75, 3.05) is 31.6 Å². The number of nitrogens with zero attached hydrogens (tertiary/aromatic N) is 1. The number of carbonyl (C=O) groups excluding carboxylic acids is 2. The van der Waals surface area contributed by atoms with Gasteiger partial charge >= 0.3 is 5.97 Å². The number of hydrogen-bond donors (Lipinski definition) is 1. The number of hydrogen-bond acceptors (Lipinski definition) is 4. The van der Waals surface area contributed by atoms with Crippen LogP contribution in [0.25, 0.3) is 0 Å². The first kappa shape index (κ1) is 16.2. The van der Waals surface area contributed by atoms with Crippen molar-refractivity contribution in [2.24, 2.45) is 0 Å². The molecule has 0 heterocycles. The molecule has 0 atom stereocenters. The van der Waals surface area contributed by atoms with Crippen LogP contribution >= 0.6 is 0 Å². The molecule has 0 aliphatic carbocycles. The lowest BCUT2D eigenvalue weighted by molar-refractivity contribution is -0.144. The summed E-state index contributed by atoms with van der Waals surface area (Å²) in [5, 5.41) is 2.82. The van der Waals surface area contributed by atoms with Gasteiger partial charge in [0.2, 0.25) is 5.91 Å². The normalized spacial score (nSPS) is 10.3. The van der Waals surface area contributed by atoms with Crippen molar-refractivity contribution in [2.45, 2.75) is 20.3 Å². The van der Waals surface area contributed by atoms with Crippen LogP contribution in [0.4, 0.5) is 5.69 Å². The molecule has 110 valence electrons. The Morgan fingerprint density at radius 1 is 1.20 bits per heavy atom. The van der Waals surface area contributed by atoms with Gasteiger partial charge in [-0.1, -0.05) is 25.1 Å². The number of rotatable bonds is 8. The molecule has 1 rings (SSSR count). The maximum atomic E-state index is 11.8. The Morgan fingerprint density at radius 3 is 2.50 bits per heavy atom. The molecule has 20 heavy (non-hydrogen) atoms. The van der Waals surface area contributed by atoms with Crippen LogP contribution in [-0.2, 0) is 14.3 Å². The molecule has 0 aliphatic heterocycles. The van der Waals surface area contributed by atoms with Crippen LogP contribution in [0.5, 0.6) is 0 Å². The van der Waals surface area contributed by atoms with E-state index in [9.17, 15) is 9.59 Å². The number of esters is 1. The van der Waals surface area contributed by atoms with Crippen LogP contribution in [0, 0.1) is 0 Å². The Hall–Kier alpha value is -1.88. The second kappa shape index (κ2) is 9.09. The molecule has 5 heteroatoms. The molecule has 0 spiro atoms. The SMILES string of the molecule is CCOC(=O)CN(CC)CCC(=O)Nc1ccccc1. The molecule has 1 amide bonds. The zero-order valence-electron chi connectivity index (χ0n) is 12.1. The van der Waals surface area contributed by atoms with E-state index in [0.29, 0.717) is 26.1 Å². The van der Waals surface area contributed by atoms with Gasteiger partial charge in [0.25, 0.3) is 0 Å². The highest BCUT2D eigenvalue weighted by molar-refractivity contribution is 5.90. The Kier molecular flexibility index (Phi) is 7.35. The number of carbonyl (C=O) groups is 2. The van der Waals surface area contributed by atoms with Gasteiger partial charge in [0, 0.05) is 18.7 Å². The summed E-state index contributed by atoms with van der Waals surface area (Å²) in [5.74, 6) is -0.309. The third-order valence-electron chi connectivity index (χ3n) is 2.82. The summed E-state index contributed by atoms with van der Waals surface area (Å²) in [5.41, 5.74) is 0.783. The predicted molar refractivity (Wildman–Crippen MR) is 78.4 cm³/mol. The zero-order chi connectivity index (χ0) is 14.8. The lowest BCUT2D eigenvalue weighted by Crippen LogP contribution is -2.33. The average molecular weight is 278 g/mol. The van der Waals surface area contributed by atoms with Crippen molar-refractivity contribution < 1.29 is 14.3 Å². The molecule has 1 N–H and O–H groups in total. The Balaban J connectivity index is 2.32. The fourth-order valence-corrected chi connectivity index (χ4v) is 1.74. The first-order valence-electron chi connectivity index (χ1n) is 6.88. The summed E-state index contributed by atoms with van der Waals surface area (Å²) in [6.07, 6.45) is 0.349. The van der Waals surface area contributed by atoms with Crippen molar-refractivity contribution in [3.8, 4) is 0 Å². The highest BCUT2D eigenvalue weighted by Crippen LogP contribution is 2.05. The van der Waals surface area contributed by atoms with Crippen molar-refractivity contribution >= 4 is 17.6 Å². The van der Waals surface area contributed by atoms with E-state index in [1.54, 1.807) is 6.92 Å². The summed E-state index contributed by atoms with van der Waals surface area (Å²) < 4.78 is 4.90. The van der Waals surface area contributed by atoms with Crippen LogP contribution in [0.2, 0.25) is 0 Å². The van der Waals surface area contributed by atoms with Gasteiger partial charge in [0.1, 0.15) is 0 Å². The molecule has 0 fully saturated rings. The first-order valence-corrected chi connectivity index (χ1v) is 6.88. The Bertz CT molecular complexity index is 420. The molecule has 5 nitrogen and oxygen atoms in total. The Labute approximate surface area is 119 Å². The van der Waals surface area contributed by atoms with Gasteiger partial charge in [-0.3, -0.25) is 14.5 Å². The van der Waals surface area contributed by atoms with Crippen molar-refractivity contribution in [3.63, 3.8) is 0 Å². The fraction of sp³-hybridized carbons (Fsp3) is 0.467. The smallest absolute Gasteiger partial charge is 0.320 e. The van der Waals surface area contributed by atoms with Crippen molar-refractivity contribution in [3.05, 3.63) is 30.3 Å². The van der Waals surface area contributed by atoms with E-state index in [1.165, 1.54) is 0 Å². The molecule has 0 unspecified atom stereocenters. The summed E-state index contributed by atoms with van der Waals surface area (Å²) >= 11 is 0. The van der Waals surface area contributed by atoms with E-state index in [-0.39, 0.29) is 18.4 Å². The van der Waals surface area contributed by atoms with Gasteiger partial charge in [-0.15, -0.1) is 0 Å². The number of ether oxygens (including phenoxy) is 1. The number of nitrogens with one attached hydrogen (secondary N) is 1. The molecule has 0 aromatic heterocycles. The van der Waals surface area contributed by atoms with E-state index in [2.05, 4.69) is 5.32 Å². The maximum absolute atomic E-state index is 11.8. The van der Waals surface area contributed by atoms with E-state index in [4.69, 9.17) is 4.74 Å². The van der Waals surface area contributed by atoms with Gasteiger partial charge in [-0.25, -0.2) is 0 Å². The maximum Gasteiger partial charge on any atom is 0.320 e. The minimum Gasteiger partial charge on any atom is -0.465 e. The van der Waals surface area contributed by atoms with Crippen LogP contribution in [0.15, 0.2) is 30.3 Å². The molecule has 0 aliphatic rings. The second-order valence-corrected chi connectivity index (χ2v) is 4.34. The van der Waals surface area contributed by atoms with E-state index in [0.717, 1.165) is 5.69 Å². The summed E-state index contributed by atoms with van der Waals surface area (Å²) in [6, 6.07) is 9.32. The summed E-state index contributed by atoms with van der Waals surface area (Å²) in [7, 11) is 0. The number of anilines is 1. The number of benzene rings is 1. The van der Waals surface area contributed by atoms with Crippen molar-refractivity contribution in [1.82, 2.24) is 4.90 Å². The number of para-hydroxylation sites is 1. The largest absolute Gasteiger partial charge is 0.465 e. The van der Waals surface area contributed by atoms with E-state index < -0.39 is 0 Å². The first-order chi connectivity index (χ1) is 9.65. The predicted octanol–water partition coefficient (Wildman–Crippen LogP) is 1.90. The van der Waals surface area contributed by atoms with Gasteiger partial charge < -0.3 is 10.1 Å². The Morgan fingerprint density at radius 2 is 1.90 bits per heavy atom. The third kappa shape index (κ3) is 6.33. The minimum atomic E-state index is -0.252. The lowest BCUT2D eigenvalue weighted by Gasteiger charge is -2.18. The quantitative estimate of drug-likeness (QED) is 0.738. The van der Waals surface area contributed by atoms with Gasteiger partial charge in [0.15, 0.2) is 0 Å². The van der Waals surface area contributed by atoms with Gasteiger partial charge in [-0.05, 0) is 25.6 Å². The van der Waals surface area contributed by atoms with Crippen LogP contribution in [0.3, 0.4) is 0 Å². The third-order valence-corrected chi connectivity index (χ3v) is 2.82. The zero-order valence-corrected chi connectivity index (χ0v) is 12.1. The van der Waals surface area contributed by atoms with E-state index >= 15 is 0 Å². The summed E-state index contributed by atoms with van der Waals surface area (Å²) in [4.78, 5) is 25.1. The molecule has 1 aromatic rings. The standard InChI is InChI=1S/C15H22N2O3/c1-3-17(12-15(19)20-4-2)11-10-14(18)16-13-8-6-5-7-9-13/h5-9H,3-4,10-12H2,1-2H3,(H,16,18). The summed E-state index contributed by atoms with van der Waals surface area (Å²) in [6.45, 7) is 5.58. The topological polar surface area (TPSA) is 58.6 Å². The molecule has 0 bridgehead atoms. The molecular weight excluding hydrogens is 256 g/mol.